The molecule has 0 saturated heterocycles. The molecule has 0 saturated carbocycles. The normalized spacial score (nSPS) is 11.9. The van der Waals surface area contributed by atoms with Crippen molar-refractivity contribution in [1.82, 2.24) is 9.38 Å². The van der Waals surface area contributed by atoms with Crippen LogP contribution in [0.25, 0.3) is 5.65 Å². The number of aromatic nitrogens is 2. The van der Waals surface area contributed by atoms with Crippen LogP contribution in [0, 0.1) is 20.8 Å². The molecular weight excluding hydrogens is 250 g/mol. The Bertz CT molecular complexity index is 677. The second-order valence-corrected chi connectivity index (χ2v) is 6.41. The first-order chi connectivity index (χ1) is 9.12. The van der Waals surface area contributed by atoms with Gasteiger partial charge in [-0.25, -0.2) is 4.98 Å². The number of imidazole rings is 1. The molecule has 0 bridgehead atoms. The lowest BCUT2D eigenvalue weighted by molar-refractivity contribution is -0.117. The molecule has 0 radical (unpaired) electrons. The van der Waals surface area contributed by atoms with Gasteiger partial charge in [-0.15, -0.1) is 0 Å². The lowest BCUT2D eigenvalue weighted by Crippen LogP contribution is -2.45. The number of pyridine rings is 1. The van der Waals surface area contributed by atoms with E-state index in [2.05, 4.69) is 22.4 Å². The molecule has 0 fully saturated rings. The van der Waals surface area contributed by atoms with Crippen molar-refractivity contribution in [3.63, 3.8) is 0 Å². The maximum atomic E-state index is 12.1. The van der Waals surface area contributed by atoms with Crippen LogP contribution >= 0.6 is 0 Å². The maximum Gasteiger partial charge on any atom is 0.225 e. The number of aryl methyl sites for hydroxylation is 3. The van der Waals surface area contributed by atoms with Gasteiger partial charge in [-0.2, -0.15) is 0 Å². The number of amides is 1. The molecule has 0 atom stereocenters. The van der Waals surface area contributed by atoms with Crippen LogP contribution in [0.15, 0.2) is 12.1 Å². The van der Waals surface area contributed by atoms with Crippen molar-refractivity contribution in [1.29, 1.82) is 0 Å². The molecule has 4 nitrogen and oxygen atoms in total. The highest BCUT2D eigenvalue weighted by Crippen LogP contribution is 2.30. The minimum Gasteiger partial charge on any atom is -0.291 e. The first kappa shape index (κ1) is 14.6. The van der Waals surface area contributed by atoms with Crippen molar-refractivity contribution in [2.75, 3.05) is 4.90 Å². The molecule has 2 aromatic rings. The van der Waals surface area contributed by atoms with E-state index in [1.165, 1.54) is 5.56 Å². The van der Waals surface area contributed by atoms with Crippen molar-refractivity contribution >= 4 is 17.4 Å². The molecule has 1 amide bonds. The van der Waals surface area contributed by atoms with Crippen molar-refractivity contribution in [2.24, 2.45) is 0 Å². The lowest BCUT2D eigenvalue weighted by Gasteiger charge is -2.35. The molecular formula is C16H23N3O. The third-order valence-electron chi connectivity index (χ3n) is 3.39. The number of fused-ring (bicyclic) bond motifs is 1. The molecule has 0 N–H and O–H groups in total. The van der Waals surface area contributed by atoms with Gasteiger partial charge in [0, 0.05) is 18.2 Å². The standard InChI is InChI=1S/C16H23N3O/c1-10-8-11(2)18-14(9-10)17-12(3)15(18)19(13(4)20)16(5,6)7/h8-9H,1-7H3. The summed E-state index contributed by atoms with van der Waals surface area (Å²) < 4.78 is 2.06. The van der Waals surface area contributed by atoms with Gasteiger partial charge >= 0.3 is 0 Å². The maximum absolute atomic E-state index is 12.1. The number of carbonyl (C=O) groups is 1. The van der Waals surface area contributed by atoms with Gasteiger partial charge in [0.2, 0.25) is 5.91 Å². The summed E-state index contributed by atoms with van der Waals surface area (Å²) in [4.78, 5) is 18.6. The van der Waals surface area contributed by atoms with E-state index >= 15 is 0 Å². The van der Waals surface area contributed by atoms with Crippen molar-refractivity contribution in [3.8, 4) is 0 Å². The zero-order valence-corrected chi connectivity index (χ0v) is 13.4. The van der Waals surface area contributed by atoms with Crippen LogP contribution in [0.4, 0.5) is 5.82 Å². The van der Waals surface area contributed by atoms with Crippen LogP contribution in [0.2, 0.25) is 0 Å². The van der Waals surface area contributed by atoms with Crippen LogP contribution in [0.5, 0.6) is 0 Å². The molecule has 0 unspecified atom stereocenters. The third kappa shape index (κ3) is 2.30. The summed E-state index contributed by atoms with van der Waals surface area (Å²) in [7, 11) is 0. The zero-order valence-electron chi connectivity index (χ0n) is 13.4. The van der Waals surface area contributed by atoms with Gasteiger partial charge in [0.1, 0.15) is 11.5 Å². The van der Waals surface area contributed by atoms with Crippen LogP contribution in [0.3, 0.4) is 0 Å². The molecule has 0 aliphatic heterocycles. The Balaban J connectivity index is 2.83. The number of hydrogen-bond acceptors (Lipinski definition) is 2. The number of hydrogen-bond donors (Lipinski definition) is 0. The molecule has 2 heterocycles. The monoisotopic (exact) mass is 273 g/mol. The minimum absolute atomic E-state index is 0.0300. The van der Waals surface area contributed by atoms with E-state index in [1.807, 2.05) is 45.6 Å². The summed E-state index contributed by atoms with van der Waals surface area (Å²) in [5, 5.41) is 0. The predicted octanol–water partition coefficient (Wildman–Crippen LogP) is 3.41. The van der Waals surface area contributed by atoms with Gasteiger partial charge in [-0.05, 0) is 59.2 Å². The third-order valence-corrected chi connectivity index (χ3v) is 3.39. The average Bonchev–Trinajstić information content (AvgIpc) is 2.52. The van der Waals surface area contributed by atoms with E-state index < -0.39 is 0 Å². The number of anilines is 1. The van der Waals surface area contributed by atoms with Crippen LogP contribution in [-0.4, -0.2) is 20.8 Å². The molecule has 0 aromatic carbocycles. The van der Waals surface area contributed by atoms with Gasteiger partial charge in [-0.1, -0.05) is 0 Å². The summed E-state index contributed by atoms with van der Waals surface area (Å²) in [6.07, 6.45) is 0. The highest BCUT2D eigenvalue weighted by molar-refractivity contribution is 5.93. The highest BCUT2D eigenvalue weighted by atomic mass is 16.2. The first-order valence-electron chi connectivity index (χ1n) is 6.90. The second-order valence-electron chi connectivity index (χ2n) is 6.41. The van der Waals surface area contributed by atoms with Gasteiger partial charge in [0.25, 0.3) is 0 Å². The summed E-state index contributed by atoms with van der Waals surface area (Å²) in [6, 6.07) is 4.16. The summed E-state index contributed by atoms with van der Waals surface area (Å²) in [5.41, 5.74) is 3.75. The predicted molar refractivity (Wildman–Crippen MR) is 82.3 cm³/mol. The molecule has 0 spiro atoms. The molecule has 20 heavy (non-hydrogen) atoms. The fourth-order valence-corrected chi connectivity index (χ4v) is 2.83. The average molecular weight is 273 g/mol. The molecule has 2 aromatic heterocycles. The number of carbonyl (C=O) groups excluding carboxylic acids is 1. The van der Waals surface area contributed by atoms with Gasteiger partial charge in [-0.3, -0.25) is 14.1 Å². The Morgan fingerprint density at radius 3 is 2.30 bits per heavy atom. The second kappa shape index (κ2) is 4.62. The zero-order chi connectivity index (χ0) is 15.2. The molecule has 4 heteroatoms. The fourth-order valence-electron chi connectivity index (χ4n) is 2.83. The number of rotatable bonds is 1. The Morgan fingerprint density at radius 1 is 1.20 bits per heavy atom. The summed E-state index contributed by atoms with van der Waals surface area (Å²) >= 11 is 0. The van der Waals surface area contributed by atoms with E-state index in [1.54, 1.807) is 6.92 Å². The summed E-state index contributed by atoms with van der Waals surface area (Å²) in [6.45, 7) is 13.8. The van der Waals surface area contributed by atoms with Crippen molar-refractivity contribution in [3.05, 3.63) is 29.1 Å². The Labute approximate surface area is 120 Å². The molecule has 2 rings (SSSR count). The highest BCUT2D eigenvalue weighted by Gasteiger charge is 2.30. The van der Waals surface area contributed by atoms with Crippen LogP contribution in [0.1, 0.15) is 44.6 Å². The Hall–Kier alpha value is -1.84. The minimum atomic E-state index is -0.288. The van der Waals surface area contributed by atoms with Crippen LogP contribution < -0.4 is 4.90 Å². The van der Waals surface area contributed by atoms with E-state index in [-0.39, 0.29) is 11.4 Å². The van der Waals surface area contributed by atoms with E-state index in [4.69, 9.17) is 0 Å². The first-order valence-corrected chi connectivity index (χ1v) is 6.90. The van der Waals surface area contributed by atoms with Crippen LogP contribution in [-0.2, 0) is 4.79 Å². The Kier molecular flexibility index (Phi) is 3.36. The van der Waals surface area contributed by atoms with Crippen molar-refractivity contribution < 1.29 is 4.79 Å². The smallest absolute Gasteiger partial charge is 0.225 e. The van der Waals surface area contributed by atoms with E-state index in [0.29, 0.717) is 0 Å². The number of nitrogens with zero attached hydrogens (tertiary/aromatic N) is 3. The largest absolute Gasteiger partial charge is 0.291 e. The van der Waals surface area contributed by atoms with E-state index in [0.717, 1.165) is 22.9 Å². The molecule has 108 valence electrons. The topological polar surface area (TPSA) is 37.6 Å². The van der Waals surface area contributed by atoms with Gasteiger partial charge in [0.05, 0.1) is 5.69 Å². The lowest BCUT2D eigenvalue weighted by atomic mass is 10.1. The quantitative estimate of drug-likeness (QED) is 0.798. The Morgan fingerprint density at radius 2 is 1.80 bits per heavy atom. The fraction of sp³-hybridized carbons (Fsp3) is 0.500. The van der Waals surface area contributed by atoms with Gasteiger partial charge in [0.15, 0.2) is 0 Å². The van der Waals surface area contributed by atoms with Gasteiger partial charge < -0.3 is 0 Å². The molecule has 0 aliphatic rings. The van der Waals surface area contributed by atoms with Crippen molar-refractivity contribution in [2.45, 2.75) is 54.0 Å². The SMILES string of the molecule is CC(=O)N(c1c(C)nc2cc(C)cc(C)n12)C(C)(C)C. The summed E-state index contributed by atoms with van der Waals surface area (Å²) in [5.74, 6) is 0.903. The van der Waals surface area contributed by atoms with E-state index in [9.17, 15) is 4.79 Å². The molecule has 0 aliphatic carbocycles.